The molecular weight excluding hydrogens is 248 g/mol. The van der Waals surface area contributed by atoms with Crippen LogP contribution in [0.4, 0.5) is 0 Å². The predicted molar refractivity (Wildman–Crippen MR) is 75.7 cm³/mol. The number of nitriles is 1. The van der Waals surface area contributed by atoms with Gasteiger partial charge in [0.25, 0.3) is 0 Å². The third kappa shape index (κ3) is 2.57. The summed E-state index contributed by atoms with van der Waals surface area (Å²) in [7, 11) is 0. The molecule has 20 heavy (non-hydrogen) atoms. The van der Waals surface area contributed by atoms with Crippen molar-refractivity contribution in [3.05, 3.63) is 72.3 Å². The number of aromatic nitrogens is 3. The summed E-state index contributed by atoms with van der Waals surface area (Å²) in [6.45, 7) is 0.733. The monoisotopic (exact) mass is 260 g/mol. The van der Waals surface area contributed by atoms with Gasteiger partial charge >= 0.3 is 0 Å². The fraction of sp³-hybridized carbons (Fsp3) is 0.0625. The molecule has 0 saturated carbocycles. The second-order valence-corrected chi connectivity index (χ2v) is 4.45. The fourth-order valence-electron chi connectivity index (χ4n) is 2.04. The van der Waals surface area contributed by atoms with Crippen LogP contribution in [0.5, 0.6) is 0 Å². The van der Waals surface area contributed by atoms with Crippen molar-refractivity contribution in [1.29, 1.82) is 5.26 Å². The first-order valence-corrected chi connectivity index (χ1v) is 6.28. The summed E-state index contributed by atoms with van der Waals surface area (Å²) in [6.07, 6.45) is 5.42. The van der Waals surface area contributed by atoms with Crippen molar-refractivity contribution in [3.8, 4) is 17.2 Å². The van der Waals surface area contributed by atoms with Crippen LogP contribution in [-0.4, -0.2) is 14.8 Å². The number of hydrogen-bond donors (Lipinski definition) is 0. The average Bonchev–Trinajstić information content (AvgIpc) is 2.97. The summed E-state index contributed by atoms with van der Waals surface area (Å²) in [5.74, 6) is 0. The van der Waals surface area contributed by atoms with E-state index in [9.17, 15) is 0 Å². The van der Waals surface area contributed by atoms with Gasteiger partial charge in [0.1, 0.15) is 11.8 Å². The van der Waals surface area contributed by atoms with Gasteiger partial charge in [-0.3, -0.25) is 4.68 Å². The molecule has 2 heterocycles. The molecule has 0 bridgehead atoms. The first-order chi connectivity index (χ1) is 9.85. The van der Waals surface area contributed by atoms with Gasteiger partial charge in [-0.05, 0) is 23.3 Å². The third-order valence-corrected chi connectivity index (χ3v) is 3.03. The summed E-state index contributed by atoms with van der Waals surface area (Å²) in [4.78, 5) is 3.97. The van der Waals surface area contributed by atoms with Crippen molar-refractivity contribution in [2.24, 2.45) is 0 Å². The third-order valence-electron chi connectivity index (χ3n) is 3.03. The van der Waals surface area contributed by atoms with E-state index in [0.29, 0.717) is 5.69 Å². The largest absolute Gasteiger partial charge is 0.268 e. The smallest absolute Gasteiger partial charge is 0.141 e. The van der Waals surface area contributed by atoms with Crippen molar-refractivity contribution in [1.82, 2.24) is 14.8 Å². The van der Waals surface area contributed by atoms with E-state index in [1.807, 2.05) is 41.2 Å². The van der Waals surface area contributed by atoms with Crippen LogP contribution in [0.2, 0.25) is 0 Å². The Morgan fingerprint density at radius 1 is 1.10 bits per heavy atom. The number of nitrogens with zero attached hydrogens (tertiary/aromatic N) is 4. The molecule has 0 spiro atoms. The first-order valence-electron chi connectivity index (χ1n) is 6.28. The lowest BCUT2D eigenvalue weighted by Gasteiger charge is -2.01. The van der Waals surface area contributed by atoms with Gasteiger partial charge in [-0.1, -0.05) is 30.3 Å². The van der Waals surface area contributed by atoms with Crippen molar-refractivity contribution in [2.45, 2.75) is 6.54 Å². The highest BCUT2D eigenvalue weighted by molar-refractivity contribution is 5.62. The van der Waals surface area contributed by atoms with Crippen LogP contribution < -0.4 is 0 Å². The van der Waals surface area contributed by atoms with E-state index in [1.54, 1.807) is 18.5 Å². The second-order valence-electron chi connectivity index (χ2n) is 4.45. The zero-order chi connectivity index (χ0) is 13.8. The highest BCUT2D eigenvalue weighted by Gasteiger charge is 2.04. The van der Waals surface area contributed by atoms with E-state index in [-0.39, 0.29) is 0 Å². The molecule has 0 unspecified atom stereocenters. The molecule has 2 aromatic heterocycles. The zero-order valence-electron chi connectivity index (χ0n) is 10.8. The summed E-state index contributed by atoms with van der Waals surface area (Å²) in [6, 6.07) is 15.9. The normalized spacial score (nSPS) is 10.2. The number of hydrogen-bond acceptors (Lipinski definition) is 3. The summed E-state index contributed by atoms with van der Waals surface area (Å²) in [5, 5.41) is 13.2. The van der Waals surface area contributed by atoms with Crippen LogP contribution in [0.1, 0.15) is 11.3 Å². The van der Waals surface area contributed by atoms with Gasteiger partial charge in [-0.25, -0.2) is 4.98 Å². The molecule has 0 amide bonds. The molecule has 0 aliphatic rings. The Hall–Kier alpha value is -2.93. The maximum atomic E-state index is 8.88. The summed E-state index contributed by atoms with van der Waals surface area (Å²) >= 11 is 0. The molecule has 1 aromatic carbocycles. The van der Waals surface area contributed by atoms with Gasteiger partial charge < -0.3 is 0 Å². The lowest BCUT2D eigenvalue weighted by Crippen LogP contribution is -1.99. The minimum atomic E-state index is 0.415. The molecule has 4 nitrogen and oxygen atoms in total. The van der Waals surface area contributed by atoms with E-state index in [2.05, 4.69) is 22.2 Å². The van der Waals surface area contributed by atoms with Crippen LogP contribution in [0.15, 0.2) is 61.1 Å². The Balaban J connectivity index is 1.85. The predicted octanol–water partition coefficient (Wildman–Crippen LogP) is 2.87. The number of rotatable bonds is 3. The lowest BCUT2D eigenvalue weighted by atomic mass is 10.1. The average molecular weight is 260 g/mol. The summed E-state index contributed by atoms with van der Waals surface area (Å²) < 4.78 is 1.89. The zero-order valence-corrected chi connectivity index (χ0v) is 10.8. The van der Waals surface area contributed by atoms with Gasteiger partial charge in [0.15, 0.2) is 0 Å². The molecule has 0 radical (unpaired) electrons. The van der Waals surface area contributed by atoms with Gasteiger partial charge in [0.05, 0.1) is 12.7 Å². The molecule has 4 heteroatoms. The molecule has 0 fully saturated rings. The molecule has 96 valence electrons. The van der Waals surface area contributed by atoms with Gasteiger partial charge in [-0.2, -0.15) is 10.4 Å². The Morgan fingerprint density at radius 3 is 2.75 bits per heavy atom. The first kappa shape index (κ1) is 12.1. The Kier molecular flexibility index (Phi) is 3.25. The molecular formula is C16H12N4. The molecule has 3 aromatic rings. The van der Waals surface area contributed by atoms with Crippen molar-refractivity contribution in [2.75, 3.05) is 0 Å². The Morgan fingerprint density at radius 2 is 1.95 bits per heavy atom. The van der Waals surface area contributed by atoms with E-state index < -0.39 is 0 Å². The van der Waals surface area contributed by atoms with Gasteiger partial charge in [-0.15, -0.1) is 0 Å². The van der Waals surface area contributed by atoms with E-state index in [0.717, 1.165) is 17.7 Å². The standard InChI is InChI=1S/C16H12N4/c17-9-16-8-14(6-7-18-16)15-10-19-20(12-15)11-13-4-2-1-3-5-13/h1-8,10,12H,11H2. The summed E-state index contributed by atoms with van der Waals surface area (Å²) in [5.41, 5.74) is 3.56. The van der Waals surface area contributed by atoms with Crippen molar-refractivity contribution in [3.63, 3.8) is 0 Å². The molecule has 0 atom stereocenters. The quantitative estimate of drug-likeness (QED) is 0.727. The molecule has 0 N–H and O–H groups in total. The molecule has 0 aliphatic carbocycles. The molecule has 0 saturated heterocycles. The minimum absolute atomic E-state index is 0.415. The van der Waals surface area contributed by atoms with Crippen LogP contribution in [0.25, 0.3) is 11.1 Å². The maximum Gasteiger partial charge on any atom is 0.141 e. The van der Waals surface area contributed by atoms with Gasteiger partial charge in [0, 0.05) is 18.0 Å². The number of benzene rings is 1. The fourth-order valence-corrected chi connectivity index (χ4v) is 2.04. The minimum Gasteiger partial charge on any atom is -0.268 e. The maximum absolute atomic E-state index is 8.88. The van der Waals surface area contributed by atoms with Crippen LogP contribution in [0, 0.1) is 11.3 Å². The van der Waals surface area contributed by atoms with Crippen LogP contribution in [0.3, 0.4) is 0 Å². The lowest BCUT2D eigenvalue weighted by molar-refractivity contribution is 0.687. The Bertz CT molecular complexity index is 753. The number of pyridine rings is 1. The van der Waals surface area contributed by atoms with Crippen molar-refractivity contribution < 1.29 is 0 Å². The van der Waals surface area contributed by atoms with Gasteiger partial charge in [0.2, 0.25) is 0 Å². The SMILES string of the molecule is N#Cc1cc(-c2cnn(Cc3ccccc3)c2)ccn1. The topological polar surface area (TPSA) is 54.5 Å². The molecule has 0 aliphatic heterocycles. The second kappa shape index (κ2) is 5.37. The molecule has 3 rings (SSSR count). The highest BCUT2D eigenvalue weighted by Crippen LogP contribution is 2.18. The van der Waals surface area contributed by atoms with Crippen LogP contribution in [-0.2, 0) is 6.54 Å². The Labute approximate surface area is 116 Å². The van der Waals surface area contributed by atoms with E-state index >= 15 is 0 Å². The highest BCUT2D eigenvalue weighted by atomic mass is 15.3. The van der Waals surface area contributed by atoms with E-state index in [1.165, 1.54) is 5.56 Å². The van der Waals surface area contributed by atoms with Crippen molar-refractivity contribution >= 4 is 0 Å². The van der Waals surface area contributed by atoms with E-state index in [4.69, 9.17) is 5.26 Å². The van der Waals surface area contributed by atoms with Crippen LogP contribution >= 0.6 is 0 Å².